The molecule has 3 aromatic rings. The van der Waals surface area contributed by atoms with E-state index in [0.29, 0.717) is 26.3 Å². The van der Waals surface area contributed by atoms with Gasteiger partial charge in [0.05, 0.1) is 5.69 Å². The van der Waals surface area contributed by atoms with Gasteiger partial charge >= 0.3 is 0 Å². The Kier molecular flexibility index (Phi) is 6.99. The van der Waals surface area contributed by atoms with E-state index in [4.69, 9.17) is 9.84 Å². The van der Waals surface area contributed by atoms with Crippen LogP contribution in [0.15, 0.2) is 48.9 Å². The van der Waals surface area contributed by atoms with Crippen molar-refractivity contribution < 1.29 is 13.9 Å². The van der Waals surface area contributed by atoms with Gasteiger partial charge in [-0.25, -0.2) is 9.67 Å². The average molecular weight is 468 g/mol. The van der Waals surface area contributed by atoms with Gasteiger partial charge in [0.2, 0.25) is 11.9 Å². The highest BCUT2D eigenvalue weighted by molar-refractivity contribution is 6.76. The first-order valence-corrected chi connectivity index (χ1v) is 15.0. The standard InChI is InChI=1S/C24H30FN5O2Si/c1-33(2,3)13-12-32-17-30-23(15-21(28-30)18-6-9-26-10-7-18)29-11-8-19(14-24(29)31)20-4-5-22(25)27-16-20/h4-7,9-10,15-16,19H,8,11-14,17H2,1-3H3. The molecule has 0 bridgehead atoms. The van der Waals surface area contributed by atoms with Crippen molar-refractivity contribution in [3.63, 3.8) is 0 Å². The number of hydrogen-bond acceptors (Lipinski definition) is 5. The molecule has 1 fully saturated rings. The summed E-state index contributed by atoms with van der Waals surface area (Å²) in [5.74, 6) is 0.269. The maximum Gasteiger partial charge on any atom is 0.228 e. The van der Waals surface area contributed by atoms with Gasteiger partial charge in [-0.1, -0.05) is 25.7 Å². The van der Waals surface area contributed by atoms with Crippen LogP contribution in [-0.4, -0.2) is 46.9 Å². The fourth-order valence-corrected chi connectivity index (χ4v) is 4.66. The third-order valence-electron chi connectivity index (χ3n) is 5.87. The molecule has 1 aliphatic heterocycles. The van der Waals surface area contributed by atoms with Crippen molar-refractivity contribution in [1.82, 2.24) is 19.7 Å². The first kappa shape index (κ1) is 23.3. The molecule has 1 amide bonds. The van der Waals surface area contributed by atoms with E-state index in [1.54, 1.807) is 28.0 Å². The van der Waals surface area contributed by atoms with Crippen LogP contribution in [0.25, 0.3) is 11.3 Å². The van der Waals surface area contributed by atoms with Crippen molar-refractivity contribution in [1.29, 1.82) is 0 Å². The Morgan fingerprint density at radius 3 is 2.64 bits per heavy atom. The summed E-state index contributed by atoms with van der Waals surface area (Å²) < 4.78 is 20.9. The molecule has 1 saturated heterocycles. The summed E-state index contributed by atoms with van der Waals surface area (Å²) in [6.07, 6.45) is 6.10. The predicted molar refractivity (Wildman–Crippen MR) is 128 cm³/mol. The molecule has 1 aliphatic rings. The Balaban J connectivity index is 1.53. The molecule has 1 atom stereocenters. The van der Waals surface area contributed by atoms with Crippen LogP contribution < -0.4 is 4.90 Å². The van der Waals surface area contributed by atoms with Crippen molar-refractivity contribution >= 4 is 19.8 Å². The highest BCUT2D eigenvalue weighted by atomic mass is 28.3. The molecule has 174 valence electrons. The van der Waals surface area contributed by atoms with Gasteiger partial charge in [0, 0.05) is 57.9 Å². The minimum Gasteiger partial charge on any atom is -0.359 e. The molecular weight excluding hydrogens is 437 g/mol. The molecule has 0 spiro atoms. The number of carbonyl (C=O) groups excluding carboxylic acids is 1. The lowest BCUT2D eigenvalue weighted by molar-refractivity contribution is -0.120. The van der Waals surface area contributed by atoms with Crippen LogP contribution in [0.1, 0.15) is 24.3 Å². The van der Waals surface area contributed by atoms with E-state index >= 15 is 0 Å². The van der Waals surface area contributed by atoms with Crippen molar-refractivity contribution in [3.05, 3.63) is 60.4 Å². The zero-order valence-corrected chi connectivity index (χ0v) is 20.4. The molecule has 0 N–H and O–H groups in total. The summed E-state index contributed by atoms with van der Waals surface area (Å²) in [6, 6.07) is 9.87. The topological polar surface area (TPSA) is 73.1 Å². The highest BCUT2D eigenvalue weighted by Crippen LogP contribution is 2.33. The van der Waals surface area contributed by atoms with E-state index in [-0.39, 0.29) is 11.8 Å². The van der Waals surface area contributed by atoms with Crippen LogP contribution in [0.2, 0.25) is 25.7 Å². The second-order valence-electron chi connectivity index (χ2n) is 9.62. The van der Waals surface area contributed by atoms with Gasteiger partial charge in [-0.05, 0) is 42.1 Å². The monoisotopic (exact) mass is 467 g/mol. The molecule has 0 aromatic carbocycles. The zero-order chi connectivity index (χ0) is 23.4. The number of piperidine rings is 1. The van der Waals surface area contributed by atoms with E-state index in [0.717, 1.165) is 35.1 Å². The molecule has 7 nitrogen and oxygen atoms in total. The third-order valence-corrected chi connectivity index (χ3v) is 7.57. The Labute approximate surface area is 194 Å². The SMILES string of the molecule is C[Si](C)(C)CCOCn1nc(-c2ccncc2)cc1N1CCC(c2ccc(F)nc2)CC1=O. The number of amides is 1. The van der Waals surface area contributed by atoms with Gasteiger partial charge in [0.15, 0.2) is 0 Å². The first-order valence-electron chi connectivity index (χ1n) is 11.3. The number of hydrogen-bond donors (Lipinski definition) is 0. The molecular formula is C24H30FN5O2Si. The summed E-state index contributed by atoms with van der Waals surface area (Å²) >= 11 is 0. The largest absolute Gasteiger partial charge is 0.359 e. The minimum atomic E-state index is -1.20. The number of nitrogens with zero attached hydrogens (tertiary/aromatic N) is 5. The van der Waals surface area contributed by atoms with Crippen LogP contribution in [0.3, 0.4) is 0 Å². The van der Waals surface area contributed by atoms with Gasteiger partial charge in [0.1, 0.15) is 12.5 Å². The van der Waals surface area contributed by atoms with Gasteiger partial charge < -0.3 is 4.74 Å². The fourth-order valence-electron chi connectivity index (χ4n) is 3.90. The molecule has 4 rings (SSSR count). The lowest BCUT2D eigenvalue weighted by Gasteiger charge is -2.31. The molecule has 0 aliphatic carbocycles. The van der Waals surface area contributed by atoms with E-state index in [2.05, 4.69) is 29.6 Å². The lowest BCUT2D eigenvalue weighted by Crippen LogP contribution is -2.39. The summed E-state index contributed by atoms with van der Waals surface area (Å²) in [7, 11) is -1.20. The summed E-state index contributed by atoms with van der Waals surface area (Å²) in [6.45, 7) is 8.47. The average Bonchev–Trinajstić information content (AvgIpc) is 3.21. The molecule has 0 saturated carbocycles. The summed E-state index contributed by atoms with van der Waals surface area (Å²) in [5.41, 5.74) is 2.61. The van der Waals surface area contributed by atoms with Crippen LogP contribution in [0, 0.1) is 5.95 Å². The quantitative estimate of drug-likeness (QED) is 0.273. The van der Waals surface area contributed by atoms with Gasteiger partial charge in [-0.15, -0.1) is 0 Å². The van der Waals surface area contributed by atoms with Crippen molar-refractivity contribution in [3.8, 4) is 11.3 Å². The molecule has 3 aromatic heterocycles. The summed E-state index contributed by atoms with van der Waals surface area (Å²) in [4.78, 5) is 22.8. The molecule has 0 radical (unpaired) electrons. The van der Waals surface area contributed by atoms with E-state index in [9.17, 15) is 9.18 Å². The van der Waals surface area contributed by atoms with E-state index < -0.39 is 14.0 Å². The van der Waals surface area contributed by atoms with Crippen LogP contribution in [-0.2, 0) is 16.3 Å². The number of ether oxygens (including phenoxy) is 1. The maximum atomic E-state index is 13.2. The van der Waals surface area contributed by atoms with Crippen LogP contribution in [0.5, 0.6) is 0 Å². The molecule has 4 heterocycles. The van der Waals surface area contributed by atoms with E-state index in [1.807, 2.05) is 18.2 Å². The predicted octanol–water partition coefficient (Wildman–Crippen LogP) is 4.70. The number of aromatic nitrogens is 4. The van der Waals surface area contributed by atoms with Gasteiger partial charge in [-0.3, -0.25) is 14.7 Å². The highest BCUT2D eigenvalue weighted by Gasteiger charge is 2.30. The molecule has 9 heteroatoms. The molecule has 1 unspecified atom stereocenters. The number of pyridine rings is 2. The maximum absolute atomic E-state index is 13.2. The van der Waals surface area contributed by atoms with Crippen molar-refractivity contribution in [2.45, 2.75) is 51.2 Å². The van der Waals surface area contributed by atoms with Crippen LogP contribution in [0.4, 0.5) is 10.2 Å². The van der Waals surface area contributed by atoms with E-state index in [1.165, 1.54) is 12.3 Å². The second kappa shape index (κ2) is 9.92. The Morgan fingerprint density at radius 2 is 1.97 bits per heavy atom. The Morgan fingerprint density at radius 1 is 1.18 bits per heavy atom. The van der Waals surface area contributed by atoms with Gasteiger partial charge in [-0.2, -0.15) is 9.49 Å². The lowest BCUT2D eigenvalue weighted by atomic mass is 9.90. The number of anilines is 1. The number of rotatable bonds is 8. The van der Waals surface area contributed by atoms with Crippen LogP contribution >= 0.6 is 0 Å². The van der Waals surface area contributed by atoms with Gasteiger partial charge in [0.25, 0.3) is 0 Å². The summed E-state index contributed by atoms with van der Waals surface area (Å²) in [5, 5.41) is 4.74. The van der Waals surface area contributed by atoms with Crippen molar-refractivity contribution in [2.24, 2.45) is 0 Å². The zero-order valence-electron chi connectivity index (χ0n) is 19.4. The Hall–Kier alpha value is -2.91. The third kappa shape index (κ3) is 5.91. The number of halogens is 1. The minimum absolute atomic E-state index is 0.0140. The smallest absolute Gasteiger partial charge is 0.228 e. The fraction of sp³-hybridized carbons (Fsp3) is 0.417. The first-order chi connectivity index (χ1) is 15.8. The Bertz CT molecular complexity index is 1080. The molecule has 33 heavy (non-hydrogen) atoms. The normalized spacial score (nSPS) is 16.9. The van der Waals surface area contributed by atoms with Crippen molar-refractivity contribution in [2.75, 3.05) is 18.1 Å². The second-order valence-corrected chi connectivity index (χ2v) is 15.2. The number of carbonyl (C=O) groups is 1.